The van der Waals surface area contributed by atoms with Crippen molar-refractivity contribution in [3.05, 3.63) is 35.1 Å². The molecule has 21 heavy (non-hydrogen) atoms. The predicted molar refractivity (Wildman–Crippen MR) is 78.0 cm³/mol. The summed E-state index contributed by atoms with van der Waals surface area (Å²) in [5, 5.41) is 0. The molecule has 0 aliphatic carbocycles. The number of amides is 1. The molecule has 5 nitrogen and oxygen atoms in total. The van der Waals surface area contributed by atoms with Gasteiger partial charge in [0.15, 0.2) is 0 Å². The highest BCUT2D eigenvalue weighted by molar-refractivity contribution is 7.88. The fourth-order valence-corrected chi connectivity index (χ4v) is 3.32. The Morgan fingerprint density at radius 3 is 2.76 bits per heavy atom. The number of nitrogens with one attached hydrogen (secondary N) is 1. The molecular weight excluding hydrogens is 295 g/mol. The van der Waals surface area contributed by atoms with Gasteiger partial charge >= 0.3 is 0 Å². The van der Waals surface area contributed by atoms with Crippen molar-refractivity contribution in [3.63, 3.8) is 0 Å². The summed E-state index contributed by atoms with van der Waals surface area (Å²) in [7, 11) is -3.29. The van der Waals surface area contributed by atoms with Crippen molar-refractivity contribution in [2.45, 2.75) is 25.8 Å². The van der Waals surface area contributed by atoms with Crippen LogP contribution in [0.4, 0.5) is 4.39 Å². The highest BCUT2D eigenvalue weighted by Crippen LogP contribution is 2.16. The standard InChI is InChI=1S/C14H19FN2O3S/c1-10-8-11(5-6-13(10)15)14(18)17-7-3-4-12(9-17)16-21(2,19)20/h5-6,8,12,16H,3-4,7,9H2,1-2H3. The van der Waals surface area contributed by atoms with Gasteiger partial charge in [-0.1, -0.05) is 0 Å². The minimum absolute atomic E-state index is 0.196. The highest BCUT2D eigenvalue weighted by Gasteiger charge is 2.26. The molecular formula is C14H19FN2O3S. The molecule has 1 aromatic rings. The van der Waals surface area contributed by atoms with Gasteiger partial charge in [-0.25, -0.2) is 17.5 Å². The second kappa shape index (κ2) is 6.11. The number of hydrogen-bond acceptors (Lipinski definition) is 3. The van der Waals surface area contributed by atoms with Gasteiger partial charge in [-0.05, 0) is 43.5 Å². The maximum absolute atomic E-state index is 13.3. The van der Waals surface area contributed by atoms with Crippen LogP contribution in [-0.4, -0.2) is 44.6 Å². The Kier molecular flexibility index (Phi) is 4.63. The Labute approximate surface area is 124 Å². The van der Waals surface area contributed by atoms with Crippen molar-refractivity contribution >= 4 is 15.9 Å². The van der Waals surface area contributed by atoms with Crippen LogP contribution in [-0.2, 0) is 10.0 Å². The first-order valence-corrected chi connectivity index (χ1v) is 8.68. The molecule has 2 rings (SSSR count). The molecule has 1 atom stereocenters. The summed E-state index contributed by atoms with van der Waals surface area (Å²) in [6.07, 6.45) is 2.55. The molecule has 1 unspecified atom stereocenters. The fourth-order valence-electron chi connectivity index (χ4n) is 2.52. The Balaban J connectivity index is 2.10. The highest BCUT2D eigenvalue weighted by atomic mass is 32.2. The number of piperidine rings is 1. The van der Waals surface area contributed by atoms with Crippen LogP contribution in [0.2, 0.25) is 0 Å². The number of aryl methyl sites for hydroxylation is 1. The van der Waals surface area contributed by atoms with Crippen LogP contribution in [0.5, 0.6) is 0 Å². The largest absolute Gasteiger partial charge is 0.337 e. The number of nitrogens with zero attached hydrogens (tertiary/aromatic N) is 1. The van der Waals surface area contributed by atoms with E-state index in [9.17, 15) is 17.6 Å². The zero-order valence-electron chi connectivity index (χ0n) is 12.1. The first kappa shape index (κ1) is 15.9. The summed E-state index contributed by atoms with van der Waals surface area (Å²) < 4.78 is 38.3. The Hall–Kier alpha value is -1.47. The maximum atomic E-state index is 13.3. The van der Waals surface area contributed by atoms with E-state index in [1.807, 2.05) is 0 Å². The van der Waals surface area contributed by atoms with Gasteiger partial charge in [0, 0.05) is 24.7 Å². The summed E-state index contributed by atoms with van der Waals surface area (Å²) in [5.41, 5.74) is 0.845. The van der Waals surface area contributed by atoms with Crippen molar-refractivity contribution in [1.82, 2.24) is 9.62 Å². The van der Waals surface area contributed by atoms with Crippen LogP contribution in [0.1, 0.15) is 28.8 Å². The number of carbonyl (C=O) groups is 1. The zero-order valence-corrected chi connectivity index (χ0v) is 12.9. The van der Waals surface area contributed by atoms with E-state index in [-0.39, 0.29) is 17.8 Å². The monoisotopic (exact) mass is 314 g/mol. The second-order valence-electron chi connectivity index (χ2n) is 5.44. The fraction of sp³-hybridized carbons (Fsp3) is 0.500. The third-order valence-electron chi connectivity index (χ3n) is 3.49. The van der Waals surface area contributed by atoms with Crippen LogP contribution in [0.3, 0.4) is 0 Å². The van der Waals surface area contributed by atoms with Gasteiger partial charge in [0.25, 0.3) is 5.91 Å². The summed E-state index contributed by atoms with van der Waals surface area (Å²) in [5.74, 6) is -0.542. The van der Waals surface area contributed by atoms with Gasteiger partial charge in [0.05, 0.1) is 6.26 Å². The molecule has 1 aliphatic rings. The average Bonchev–Trinajstić information content (AvgIpc) is 2.39. The molecule has 1 fully saturated rings. The van der Waals surface area contributed by atoms with Crippen molar-refractivity contribution in [2.24, 2.45) is 0 Å². The van der Waals surface area contributed by atoms with E-state index in [0.29, 0.717) is 30.6 Å². The molecule has 1 N–H and O–H groups in total. The quantitative estimate of drug-likeness (QED) is 0.914. The summed E-state index contributed by atoms with van der Waals surface area (Å²) >= 11 is 0. The summed E-state index contributed by atoms with van der Waals surface area (Å²) in [4.78, 5) is 14.0. The number of likely N-dealkylation sites (tertiary alicyclic amines) is 1. The van der Waals surface area contributed by atoms with Crippen molar-refractivity contribution in [2.75, 3.05) is 19.3 Å². The SMILES string of the molecule is Cc1cc(C(=O)N2CCCC(NS(C)(=O)=O)C2)ccc1F. The molecule has 0 aromatic heterocycles. The molecule has 1 aromatic carbocycles. The van der Waals surface area contributed by atoms with Gasteiger partial charge in [-0.15, -0.1) is 0 Å². The zero-order chi connectivity index (χ0) is 15.6. The van der Waals surface area contributed by atoms with Crippen LogP contribution >= 0.6 is 0 Å². The lowest BCUT2D eigenvalue weighted by Crippen LogP contribution is -2.49. The number of halogens is 1. The molecule has 1 heterocycles. The number of benzene rings is 1. The third kappa shape index (κ3) is 4.25. The molecule has 116 valence electrons. The number of carbonyl (C=O) groups excluding carboxylic acids is 1. The molecule has 0 bridgehead atoms. The Morgan fingerprint density at radius 1 is 1.43 bits per heavy atom. The van der Waals surface area contributed by atoms with Crippen molar-refractivity contribution in [1.29, 1.82) is 0 Å². The third-order valence-corrected chi connectivity index (χ3v) is 4.26. The van der Waals surface area contributed by atoms with Crippen LogP contribution in [0.25, 0.3) is 0 Å². The van der Waals surface area contributed by atoms with E-state index >= 15 is 0 Å². The lowest BCUT2D eigenvalue weighted by atomic mass is 10.0. The van der Waals surface area contributed by atoms with Gasteiger partial charge < -0.3 is 4.90 Å². The number of sulfonamides is 1. The lowest BCUT2D eigenvalue weighted by molar-refractivity contribution is 0.0703. The minimum atomic E-state index is -3.29. The van der Waals surface area contributed by atoms with E-state index < -0.39 is 10.0 Å². The van der Waals surface area contributed by atoms with Gasteiger partial charge in [0.2, 0.25) is 10.0 Å². The molecule has 0 saturated carbocycles. The van der Waals surface area contributed by atoms with E-state index in [1.54, 1.807) is 11.8 Å². The molecule has 0 spiro atoms. The van der Waals surface area contributed by atoms with Gasteiger partial charge in [0.1, 0.15) is 5.82 Å². The molecule has 1 aliphatic heterocycles. The number of rotatable bonds is 3. The van der Waals surface area contributed by atoms with E-state index in [0.717, 1.165) is 12.7 Å². The van der Waals surface area contributed by atoms with Crippen molar-refractivity contribution in [3.8, 4) is 0 Å². The van der Waals surface area contributed by atoms with Crippen LogP contribution in [0, 0.1) is 12.7 Å². The molecule has 1 amide bonds. The topological polar surface area (TPSA) is 66.5 Å². The normalized spacial score (nSPS) is 19.6. The predicted octanol–water partition coefficient (Wildman–Crippen LogP) is 1.29. The molecule has 0 radical (unpaired) electrons. The lowest BCUT2D eigenvalue weighted by Gasteiger charge is -2.32. The maximum Gasteiger partial charge on any atom is 0.253 e. The van der Waals surface area contributed by atoms with Gasteiger partial charge in [-0.3, -0.25) is 4.79 Å². The summed E-state index contributed by atoms with van der Waals surface area (Å²) in [6, 6.07) is 3.99. The number of hydrogen-bond donors (Lipinski definition) is 1. The summed E-state index contributed by atoms with van der Waals surface area (Å²) in [6.45, 7) is 2.52. The van der Waals surface area contributed by atoms with E-state index in [2.05, 4.69) is 4.72 Å². The minimum Gasteiger partial charge on any atom is -0.337 e. The van der Waals surface area contributed by atoms with E-state index in [4.69, 9.17) is 0 Å². The first-order chi connectivity index (χ1) is 9.76. The van der Waals surface area contributed by atoms with Gasteiger partial charge in [-0.2, -0.15) is 0 Å². The average molecular weight is 314 g/mol. The Bertz CT molecular complexity index is 646. The van der Waals surface area contributed by atoms with E-state index in [1.165, 1.54) is 18.2 Å². The second-order valence-corrected chi connectivity index (χ2v) is 7.22. The van der Waals surface area contributed by atoms with Crippen LogP contribution in [0.15, 0.2) is 18.2 Å². The molecule has 1 saturated heterocycles. The van der Waals surface area contributed by atoms with Crippen LogP contribution < -0.4 is 4.72 Å². The van der Waals surface area contributed by atoms with Crippen molar-refractivity contribution < 1.29 is 17.6 Å². The Morgan fingerprint density at radius 2 is 2.14 bits per heavy atom. The molecule has 7 heteroatoms. The first-order valence-electron chi connectivity index (χ1n) is 6.79. The smallest absolute Gasteiger partial charge is 0.253 e.